The molecule has 2 atom stereocenters. The van der Waals surface area contributed by atoms with Crippen LogP contribution in [0, 0.1) is 5.92 Å². The first-order valence-electron chi connectivity index (χ1n) is 7.86. The number of aromatic nitrogens is 1. The maximum Gasteiger partial charge on any atom is 0.228 e. The van der Waals surface area contributed by atoms with Crippen molar-refractivity contribution in [3.63, 3.8) is 0 Å². The third kappa shape index (κ3) is 2.58. The molecular formula is C17H19N3O2. The van der Waals surface area contributed by atoms with Crippen LogP contribution in [-0.2, 0) is 4.79 Å². The van der Waals surface area contributed by atoms with Crippen molar-refractivity contribution in [2.75, 3.05) is 23.3 Å². The van der Waals surface area contributed by atoms with Crippen molar-refractivity contribution in [3.8, 4) is 0 Å². The molecule has 2 aromatic rings. The highest BCUT2D eigenvalue weighted by Crippen LogP contribution is 2.48. The van der Waals surface area contributed by atoms with Gasteiger partial charge in [-0.25, -0.2) is 4.98 Å². The molecule has 0 bridgehead atoms. The second-order valence-corrected chi connectivity index (χ2v) is 6.05. The summed E-state index contributed by atoms with van der Waals surface area (Å²) in [4.78, 5) is 19.0. The first-order valence-corrected chi connectivity index (χ1v) is 7.86. The van der Waals surface area contributed by atoms with Crippen molar-refractivity contribution in [1.82, 2.24) is 4.98 Å². The van der Waals surface area contributed by atoms with Gasteiger partial charge in [-0.3, -0.25) is 4.79 Å². The Balaban J connectivity index is 1.36. The quantitative estimate of drug-likeness (QED) is 0.942. The molecule has 0 spiro atoms. The van der Waals surface area contributed by atoms with E-state index in [0.29, 0.717) is 0 Å². The predicted octanol–water partition coefficient (Wildman–Crippen LogP) is 3.02. The van der Waals surface area contributed by atoms with E-state index in [1.54, 1.807) is 12.5 Å². The number of carbonyl (C=O) groups excluding carboxylic acids is 1. The Morgan fingerprint density at radius 3 is 2.82 bits per heavy atom. The summed E-state index contributed by atoms with van der Waals surface area (Å²) in [5, 5.41) is 2.95. The van der Waals surface area contributed by atoms with Crippen LogP contribution in [0.15, 0.2) is 41.1 Å². The fourth-order valence-corrected chi connectivity index (χ4v) is 3.13. The van der Waals surface area contributed by atoms with Gasteiger partial charge in [0.1, 0.15) is 11.6 Å². The van der Waals surface area contributed by atoms with Crippen molar-refractivity contribution >= 4 is 17.4 Å². The molecule has 1 saturated carbocycles. The van der Waals surface area contributed by atoms with Crippen LogP contribution < -0.4 is 10.2 Å². The zero-order valence-corrected chi connectivity index (χ0v) is 12.4. The Hall–Kier alpha value is -2.30. The lowest BCUT2D eigenvalue weighted by Gasteiger charge is -2.16. The maximum absolute atomic E-state index is 12.2. The van der Waals surface area contributed by atoms with Crippen LogP contribution in [-0.4, -0.2) is 24.0 Å². The summed E-state index contributed by atoms with van der Waals surface area (Å²) in [6.45, 7) is 2.15. The number of nitrogens with one attached hydrogen (secondary N) is 1. The number of pyridine rings is 1. The summed E-state index contributed by atoms with van der Waals surface area (Å²) in [6, 6.07) is 7.72. The van der Waals surface area contributed by atoms with Crippen LogP contribution in [0.4, 0.5) is 11.5 Å². The Kier molecular flexibility index (Phi) is 3.33. The molecule has 2 fully saturated rings. The van der Waals surface area contributed by atoms with Gasteiger partial charge in [-0.15, -0.1) is 0 Å². The summed E-state index contributed by atoms with van der Waals surface area (Å²) in [6.07, 6.45) is 6.73. The Labute approximate surface area is 129 Å². The Bertz CT molecular complexity index is 645. The second-order valence-electron chi connectivity index (χ2n) is 6.05. The van der Waals surface area contributed by atoms with Gasteiger partial charge in [0.2, 0.25) is 5.91 Å². The number of amides is 1. The van der Waals surface area contributed by atoms with Gasteiger partial charge in [-0.05, 0) is 43.5 Å². The van der Waals surface area contributed by atoms with E-state index >= 15 is 0 Å². The largest absolute Gasteiger partial charge is 0.469 e. The maximum atomic E-state index is 12.2. The smallest absolute Gasteiger partial charge is 0.228 e. The van der Waals surface area contributed by atoms with E-state index in [1.807, 2.05) is 24.3 Å². The summed E-state index contributed by atoms with van der Waals surface area (Å²) >= 11 is 0. The fraction of sp³-hybridized carbons (Fsp3) is 0.412. The molecule has 0 unspecified atom stereocenters. The van der Waals surface area contributed by atoms with Crippen LogP contribution in [0.2, 0.25) is 0 Å². The minimum Gasteiger partial charge on any atom is -0.469 e. The van der Waals surface area contributed by atoms with Gasteiger partial charge < -0.3 is 14.6 Å². The zero-order valence-electron chi connectivity index (χ0n) is 12.4. The number of nitrogens with zero attached hydrogens (tertiary/aromatic N) is 2. The Morgan fingerprint density at radius 2 is 2.14 bits per heavy atom. The molecule has 1 aliphatic heterocycles. The van der Waals surface area contributed by atoms with Crippen LogP contribution in [0.25, 0.3) is 0 Å². The molecule has 0 radical (unpaired) electrons. The van der Waals surface area contributed by atoms with E-state index in [1.165, 1.54) is 12.8 Å². The van der Waals surface area contributed by atoms with E-state index in [2.05, 4.69) is 15.2 Å². The molecule has 2 aromatic heterocycles. The molecule has 1 amide bonds. The van der Waals surface area contributed by atoms with Gasteiger partial charge in [-0.1, -0.05) is 0 Å². The minimum atomic E-state index is 0.0180. The molecule has 3 heterocycles. The summed E-state index contributed by atoms with van der Waals surface area (Å²) < 4.78 is 5.36. The average molecular weight is 297 g/mol. The van der Waals surface area contributed by atoms with E-state index in [9.17, 15) is 4.79 Å². The van der Waals surface area contributed by atoms with Crippen molar-refractivity contribution < 1.29 is 9.21 Å². The van der Waals surface area contributed by atoms with Gasteiger partial charge >= 0.3 is 0 Å². The van der Waals surface area contributed by atoms with Crippen molar-refractivity contribution in [1.29, 1.82) is 0 Å². The van der Waals surface area contributed by atoms with E-state index < -0.39 is 0 Å². The molecule has 1 N–H and O–H groups in total. The van der Waals surface area contributed by atoms with Gasteiger partial charge in [0.25, 0.3) is 0 Å². The molecule has 5 nitrogen and oxygen atoms in total. The molecule has 1 saturated heterocycles. The summed E-state index contributed by atoms with van der Waals surface area (Å²) in [5.74, 6) is 2.20. The zero-order chi connectivity index (χ0) is 14.9. The van der Waals surface area contributed by atoms with Crippen LogP contribution in [0.5, 0.6) is 0 Å². The summed E-state index contributed by atoms with van der Waals surface area (Å²) in [7, 11) is 0. The number of rotatable bonds is 4. The Morgan fingerprint density at radius 1 is 1.27 bits per heavy atom. The molecule has 2 aliphatic rings. The minimum absolute atomic E-state index is 0.0180. The highest BCUT2D eigenvalue weighted by molar-refractivity contribution is 5.95. The molecule has 4 rings (SSSR count). The number of anilines is 2. The van der Waals surface area contributed by atoms with Crippen molar-refractivity contribution in [2.24, 2.45) is 5.92 Å². The number of furan rings is 1. The lowest BCUT2D eigenvalue weighted by Crippen LogP contribution is -2.19. The van der Waals surface area contributed by atoms with E-state index in [0.717, 1.165) is 36.8 Å². The lowest BCUT2D eigenvalue weighted by atomic mass is 10.2. The van der Waals surface area contributed by atoms with Crippen molar-refractivity contribution in [2.45, 2.75) is 25.2 Å². The first-order chi connectivity index (χ1) is 10.8. The SMILES string of the molecule is O=C(Nc1ccc(N2CCCC2)nc1)[C@@H]1C[C@H]1c1ccco1. The number of hydrogen-bond acceptors (Lipinski definition) is 4. The first kappa shape index (κ1) is 13.4. The molecule has 114 valence electrons. The predicted molar refractivity (Wildman–Crippen MR) is 83.9 cm³/mol. The molecule has 22 heavy (non-hydrogen) atoms. The average Bonchev–Trinajstić information content (AvgIpc) is 2.97. The number of hydrogen-bond donors (Lipinski definition) is 1. The molecule has 5 heteroatoms. The normalized spacial score (nSPS) is 23.5. The third-order valence-electron chi connectivity index (χ3n) is 4.48. The van der Waals surface area contributed by atoms with E-state index in [-0.39, 0.29) is 17.7 Å². The van der Waals surface area contributed by atoms with Gasteiger partial charge in [0.05, 0.1) is 18.1 Å². The van der Waals surface area contributed by atoms with Crippen LogP contribution in [0.1, 0.15) is 30.9 Å². The standard InChI is InChI=1S/C17H19N3O2/c21-17(14-10-13(14)15-4-3-9-22-15)19-12-5-6-16(18-11-12)20-7-1-2-8-20/h3-6,9,11,13-14H,1-2,7-8,10H2,(H,19,21)/t13-,14-/m1/s1. The van der Waals surface area contributed by atoms with Gasteiger partial charge in [-0.2, -0.15) is 0 Å². The lowest BCUT2D eigenvalue weighted by molar-refractivity contribution is -0.117. The van der Waals surface area contributed by atoms with Crippen molar-refractivity contribution in [3.05, 3.63) is 42.5 Å². The van der Waals surface area contributed by atoms with Crippen LogP contribution in [0.3, 0.4) is 0 Å². The highest BCUT2D eigenvalue weighted by atomic mass is 16.3. The topological polar surface area (TPSA) is 58.4 Å². The molecule has 1 aliphatic carbocycles. The second kappa shape index (κ2) is 5.48. The van der Waals surface area contributed by atoms with E-state index in [4.69, 9.17) is 4.42 Å². The molecular weight excluding hydrogens is 278 g/mol. The highest BCUT2D eigenvalue weighted by Gasteiger charge is 2.45. The number of carbonyl (C=O) groups is 1. The van der Waals surface area contributed by atoms with Gasteiger partial charge in [0.15, 0.2) is 0 Å². The fourth-order valence-electron chi connectivity index (χ4n) is 3.13. The van der Waals surface area contributed by atoms with Crippen LogP contribution >= 0.6 is 0 Å². The van der Waals surface area contributed by atoms with Gasteiger partial charge in [0, 0.05) is 24.9 Å². The molecule has 0 aromatic carbocycles. The summed E-state index contributed by atoms with van der Waals surface area (Å²) in [5.41, 5.74) is 0.762. The third-order valence-corrected chi connectivity index (χ3v) is 4.48. The monoisotopic (exact) mass is 297 g/mol.